The molecule has 0 aliphatic carbocycles. The molecule has 2 rings (SSSR count). The van der Waals surface area contributed by atoms with Gasteiger partial charge in [0.1, 0.15) is 0 Å². The van der Waals surface area contributed by atoms with Crippen LogP contribution in [0, 0.1) is 0 Å². The Kier molecular flexibility index (Phi) is 10.7. The monoisotopic (exact) mass is 368 g/mol. The second-order valence-electron chi connectivity index (χ2n) is 4.71. The second-order valence-corrected chi connectivity index (χ2v) is 7.32. The molecule has 0 bridgehead atoms. The summed E-state index contributed by atoms with van der Waals surface area (Å²) in [4.78, 5) is 11.6. The highest BCUT2D eigenvalue weighted by Crippen LogP contribution is 2.42. The van der Waals surface area contributed by atoms with E-state index in [2.05, 4.69) is 29.5 Å². The maximum atomic E-state index is 10.8. The molecule has 0 unspecified atom stereocenters. The van der Waals surface area contributed by atoms with Gasteiger partial charge in [-0.1, -0.05) is 12.1 Å². The van der Waals surface area contributed by atoms with Gasteiger partial charge in [-0.2, -0.15) is 0 Å². The average Bonchev–Trinajstić information content (AvgIpc) is 2.99. The number of thiophene rings is 1. The summed E-state index contributed by atoms with van der Waals surface area (Å²) in [6, 6.07) is 8.20. The minimum atomic E-state index is -0.855. The molecule has 132 valence electrons. The van der Waals surface area contributed by atoms with Crippen LogP contribution in [-0.4, -0.2) is 33.2 Å². The lowest BCUT2D eigenvalue weighted by molar-refractivity contribution is 0.112. The SMILES string of the molecule is C=CCOC.CCOP(Cc1ccc2sc(C=O)cc2c1)OCC. The molecular weight excluding hydrogens is 343 g/mol. The van der Waals surface area contributed by atoms with E-state index in [4.69, 9.17) is 9.05 Å². The van der Waals surface area contributed by atoms with E-state index in [9.17, 15) is 4.79 Å². The third-order valence-electron chi connectivity index (χ3n) is 2.86. The van der Waals surface area contributed by atoms with Crippen molar-refractivity contribution in [1.29, 1.82) is 0 Å². The Morgan fingerprint density at radius 2 is 1.92 bits per heavy atom. The number of hydrogen-bond donors (Lipinski definition) is 0. The smallest absolute Gasteiger partial charge is 0.175 e. The Labute approximate surface area is 149 Å². The molecule has 4 nitrogen and oxygen atoms in total. The standard InChI is InChI=1S/C14H17O3PS.C4H8O/c1-3-16-18(17-4-2)10-11-5-6-14-12(7-11)8-13(9-15)19-14;1-3-4-5-2/h5-9H,3-4,10H2,1-2H3;3H,1,4H2,2H3. The lowest BCUT2D eigenvalue weighted by atomic mass is 10.2. The molecule has 0 aliphatic rings. The molecule has 0 fully saturated rings. The first-order valence-corrected chi connectivity index (χ1v) is 9.97. The highest BCUT2D eigenvalue weighted by atomic mass is 32.1. The van der Waals surface area contributed by atoms with E-state index in [1.54, 1.807) is 13.2 Å². The molecule has 0 radical (unpaired) electrons. The molecule has 0 atom stereocenters. The van der Waals surface area contributed by atoms with Crippen molar-refractivity contribution >= 4 is 36.1 Å². The molecule has 0 N–H and O–H groups in total. The first-order chi connectivity index (χ1) is 11.7. The van der Waals surface area contributed by atoms with Crippen molar-refractivity contribution in [3.05, 3.63) is 47.4 Å². The van der Waals surface area contributed by atoms with E-state index < -0.39 is 8.38 Å². The molecule has 0 aliphatic heterocycles. The van der Waals surface area contributed by atoms with Crippen molar-refractivity contribution in [2.45, 2.75) is 20.0 Å². The first-order valence-electron chi connectivity index (χ1n) is 7.79. The number of aldehydes is 1. The zero-order valence-corrected chi connectivity index (χ0v) is 16.2. The largest absolute Gasteiger partial charge is 0.381 e. The lowest BCUT2D eigenvalue weighted by Gasteiger charge is -2.15. The summed E-state index contributed by atoms with van der Waals surface area (Å²) in [5.74, 6) is 0. The predicted molar refractivity (Wildman–Crippen MR) is 103 cm³/mol. The Hall–Kier alpha value is -1.10. The van der Waals surface area contributed by atoms with Crippen LogP contribution in [0.2, 0.25) is 0 Å². The highest BCUT2D eigenvalue weighted by Gasteiger charge is 2.11. The van der Waals surface area contributed by atoms with Gasteiger partial charge in [-0.05, 0) is 43.0 Å². The summed E-state index contributed by atoms with van der Waals surface area (Å²) in [6.45, 7) is 9.37. The molecule has 24 heavy (non-hydrogen) atoms. The van der Waals surface area contributed by atoms with Gasteiger partial charge in [-0.25, -0.2) is 0 Å². The van der Waals surface area contributed by atoms with Gasteiger partial charge in [0, 0.05) is 18.0 Å². The van der Waals surface area contributed by atoms with Gasteiger partial charge >= 0.3 is 0 Å². The fourth-order valence-corrected chi connectivity index (χ4v) is 4.14. The van der Waals surface area contributed by atoms with Crippen LogP contribution >= 0.6 is 19.7 Å². The Morgan fingerprint density at radius 3 is 2.42 bits per heavy atom. The van der Waals surface area contributed by atoms with Crippen LogP contribution < -0.4 is 0 Å². The number of rotatable bonds is 9. The molecule has 0 saturated heterocycles. The van der Waals surface area contributed by atoms with Crippen LogP contribution in [-0.2, 0) is 19.9 Å². The third kappa shape index (κ3) is 7.20. The fourth-order valence-electron chi connectivity index (χ4n) is 1.95. The Balaban J connectivity index is 0.000000505. The van der Waals surface area contributed by atoms with Gasteiger partial charge in [-0.15, -0.1) is 17.9 Å². The van der Waals surface area contributed by atoms with Gasteiger partial charge in [-0.3, -0.25) is 4.79 Å². The van der Waals surface area contributed by atoms with Crippen molar-refractivity contribution in [3.8, 4) is 0 Å². The van der Waals surface area contributed by atoms with Crippen LogP contribution in [0.25, 0.3) is 10.1 Å². The van der Waals surface area contributed by atoms with Gasteiger partial charge < -0.3 is 13.8 Å². The molecule has 1 aromatic carbocycles. The summed E-state index contributed by atoms with van der Waals surface area (Å²) >= 11 is 1.52. The Bertz CT molecular complexity index is 621. The third-order valence-corrected chi connectivity index (χ3v) is 5.62. The summed E-state index contributed by atoms with van der Waals surface area (Å²) < 4.78 is 16.9. The van der Waals surface area contributed by atoms with Gasteiger partial charge in [0.15, 0.2) is 14.7 Å². The molecule has 6 heteroatoms. The number of ether oxygens (including phenoxy) is 1. The number of carbonyl (C=O) groups excluding carboxylic acids is 1. The van der Waals surface area contributed by atoms with Crippen LogP contribution in [0.5, 0.6) is 0 Å². The van der Waals surface area contributed by atoms with Crippen molar-refractivity contribution < 1.29 is 18.6 Å². The minimum Gasteiger partial charge on any atom is -0.381 e. The zero-order chi connectivity index (χ0) is 17.8. The zero-order valence-electron chi connectivity index (χ0n) is 14.5. The highest BCUT2D eigenvalue weighted by molar-refractivity contribution is 7.46. The van der Waals surface area contributed by atoms with E-state index in [1.165, 1.54) is 16.9 Å². The predicted octanol–water partition coefficient (Wildman–Crippen LogP) is 5.42. The minimum absolute atomic E-state index is 0.653. The van der Waals surface area contributed by atoms with Gasteiger partial charge in [0.05, 0.1) is 24.7 Å². The topological polar surface area (TPSA) is 44.8 Å². The van der Waals surface area contributed by atoms with Gasteiger partial charge in [0.25, 0.3) is 0 Å². The van der Waals surface area contributed by atoms with Gasteiger partial charge in [0.2, 0.25) is 0 Å². The van der Waals surface area contributed by atoms with Crippen LogP contribution in [0.1, 0.15) is 29.1 Å². The molecule has 0 saturated carbocycles. The van der Waals surface area contributed by atoms with Crippen molar-refractivity contribution in [2.24, 2.45) is 0 Å². The summed E-state index contributed by atoms with van der Waals surface area (Å²) in [5.41, 5.74) is 1.19. The normalized spacial score (nSPS) is 10.5. The second kappa shape index (κ2) is 12.3. The number of benzene rings is 1. The molecule has 0 amide bonds. The number of fused-ring (bicyclic) bond motifs is 1. The van der Waals surface area contributed by atoms with Crippen molar-refractivity contribution in [1.82, 2.24) is 0 Å². The van der Waals surface area contributed by atoms with Crippen molar-refractivity contribution in [2.75, 3.05) is 26.9 Å². The maximum Gasteiger partial charge on any atom is 0.175 e. The maximum absolute atomic E-state index is 10.8. The summed E-state index contributed by atoms with van der Waals surface area (Å²) in [5, 5.41) is 1.12. The van der Waals surface area contributed by atoms with Crippen molar-refractivity contribution in [3.63, 3.8) is 0 Å². The van der Waals surface area contributed by atoms with E-state index in [0.29, 0.717) is 19.8 Å². The van der Waals surface area contributed by atoms with Crippen LogP contribution in [0.15, 0.2) is 36.9 Å². The van der Waals surface area contributed by atoms with E-state index in [-0.39, 0.29) is 0 Å². The number of methoxy groups -OCH3 is 1. The van der Waals surface area contributed by atoms with Crippen LogP contribution in [0.3, 0.4) is 0 Å². The summed E-state index contributed by atoms with van der Waals surface area (Å²) in [7, 11) is 0.785. The fraction of sp³-hybridized carbons (Fsp3) is 0.389. The summed E-state index contributed by atoms with van der Waals surface area (Å²) in [6.07, 6.45) is 3.40. The molecule has 2 aromatic rings. The number of hydrogen-bond acceptors (Lipinski definition) is 5. The van der Waals surface area contributed by atoms with Crippen LogP contribution in [0.4, 0.5) is 0 Å². The average molecular weight is 368 g/mol. The lowest BCUT2D eigenvalue weighted by Crippen LogP contribution is -1.94. The quantitative estimate of drug-likeness (QED) is 0.337. The molecular formula is C18H25O4PS. The molecule has 0 spiro atoms. The number of carbonyl (C=O) groups is 1. The Morgan fingerprint density at radius 1 is 1.21 bits per heavy atom. The molecule has 1 aromatic heterocycles. The molecule has 1 heterocycles. The van der Waals surface area contributed by atoms with E-state index in [0.717, 1.165) is 27.4 Å². The van der Waals surface area contributed by atoms with E-state index >= 15 is 0 Å². The first kappa shape index (κ1) is 20.9. The van der Waals surface area contributed by atoms with E-state index in [1.807, 2.05) is 19.9 Å².